The summed E-state index contributed by atoms with van der Waals surface area (Å²) in [4.78, 5) is 14.4. The summed E-state index contributed by atoms with van der Waals surface area (Å²) in [5.41, 5.74) is 2.34. The van der Waals surface area contributed by atoms with E-state index in [-0.39, 0.29) is 18.6 Å². The Balaban J connectivity index is 1.99. The van der Waals surface area contributed by atoms with Crippen LogP contribution >= 0.6 is 0 Å². The normalized spacial score (nSPS) is 10.9. The van der Waals surface area contributed by atoms with Gasteiger partial charge in [0.25, 0.3) is 5.91 Å². The maximum Gasteiger partial charge on any atom is 0.261 e. The first-order valence-electron chi connectivity index (χ1n) is 8.53. The highest BCUT2D eigenvalue weighted by atomic mass is 16.5. The third-order valence-corrected chi connectivity index (χ3v) is 4.03. The summed E-state index contributed by atoms with van der Waals surface area (Å²) >= 11 is 0. The lowest BCUT2D eigenvalue weighted by molar-refractivity contribution is -0.135. The Morgan fingerprint density at radius 3 is 2.33 bits per heavy atom. The van der Waals surface area contributed by atoms with E-state index in [9.17, 15) is 4.79 Å². The van der Waals surface area contributed by atoms with E-state index in [2.05, 4.69) is 19.9 Å². The molecule has 0 radical (unpaired) electrons. The summed E-state index contributed by atoms with van der Waals surface area (Å²) in [6.45, 7) is 9.01. The van der Waals surface area contributed by atoms with Crippen molar-refractivity contribution >= 4 is 5.91 Å². The average Bonchev–Trinajstić information content (AvgIpc) is 2.58. The van der Waals surface area contributed by atoms with E-state index in [0.29, 0.717) is 12.5 Å². The molecule has 0 unspecified atom stereocenters. The minimum absolute atomic E-state index is 0.00352. The van der Waals surface area contributed by atoms with Gasteiger partial charge in [0.05, 0.1) is 0 Å². The predicted molar refractivity (Wildman–Crippen MR) is 98.2 cm³/mol. The van der Waals surface area contributed by atoms with E-state index in [1.54, 1.807) is 0 Å². The molecule has 3 heteroatoms. The van der Waals surface area contributed by atoms with E-state index in [0.717, 1.165) is 11.3 Å². The van der Waals surface area contributed by atoms with Gasteiger partial charge in [-0.1, -0.05) is 56.3 Å². The summed E-state index contributed by atoms with van der Waals surface area (Å²) in [6, 6.07) is 18.1. The van der Waals surface area contributed by atoms with E-state index in [4.69, 9.17) is 4.74 Å². The first kappa shape index (κ1) is 18.1. The fourth-order valence-electron chi connectivity index (χ4n) is 2.53. The molecule has 3 nitrogen and oxygen atoms in total. The predicted octanol–water partition coefficient (Wildman–Crippen LogP) is 4.63. The van der Waals surface area contributed by atoms with Gasteiger partial charge in [0.2, 0.25) is 0 Å². The van der Waals surface area contributed by atoms with Crippen LogP contribution in [-0.4, -0.2) is 23.5 Å². The number of carbonyl (C=O) groups excluding carboxylic acids is 1. The molecule has 0 spiro atoms. The lowest BCUT2D eigenvalue weighted by Gasteiger charge is -2.27. The molecule has 0 bridgehead atoms. The number of hydrogen-bond donors (Lipinski definition) is 0. The molecule has 0 N–H and O–H groups in total. The molecule has 0 aliphatic carbocycles. The Hall–Kier alpha value is -2.29. The molecule has 0 atom stereocenters. The van der Waals surface area contributed by atoms with Crippen molar-refractivity contribution in [3.63, 3.8) is 0 Å². The molecule has 0 saturated heterocycles. The highest BCUT2D eigenvalue weighted by Crippen LogP contribution is 2.20. The number of ether oxygens (including phenoxy) is 1. The van der Waals surface area contributed by atoms with Gasteiger partial charge in [-0.15, -0.1) is 0 Å². The highest BCUT2D eigenvalue weighted by molar-refractivity contribution is 5.78. The molecule has 0 heterocycles. The quantitative estimate of drug-likeness (QED) is 0.743. The van der Waals surface area contributed by atoms with Crippen LogP contribution in [0.1, 0.15) is 44.7 Å². The number of hydrogen-bond acceptors (Lipinski definition) is 2. The molecule has 0 saturated carbocycles. The van der Waals surface area contributed by atoms with Crippen molar-refractivity contribution in [2.75, 3.05) is 6.61 Å². The molecular formula is C21H27NO2. The molecule has 0 aliphatic rings. The second-order valence-electron chi connectivity index (χ2n) is 6.62. The van der Waals surface area contributed by atoms with Gasteiger partial charge in [-0.3, -0.25) is 4.79 Å². The second kappa shape index (κ2) is 8.53. The largest absolute Gasteiger partial charge is 0.484 e. The Morgan fingerprint density at radius 2 is 1.71 bits per heavy atom. The maximum atomic E-state index is 12.6. The minimum atomic E-state index is 0.00352. The second-order valence-corrected chi connectivity index (χ2v) is 6.62. The molecule has 0 fully saturated rings. The molecule has 2 rings (SSSR count). The van der Waals surface area contributed by atoms with Crippen molar-refractivity contribution < 1.29 is 9.53 Å². The molecule has 2 aromatic carbocycles. The van der Waals surface area contributed by atoms with Crippen LogP contribution < -0.4 is 4.74 Å². The smallest absolute Gasteiger partial charge is 0.261 e. The van der Waals surface area contributed by atoms with Crippen molar-refractivity contribution in [3.05, 3.63) is 65.7 Å². The topological polar surface area (TPSA) is 29.5 Å². The van der Waals surface area contributed by atoms with Gasteiger partial charge in [-0.2, -0.15) is 0 Å². The van der Waals surface area contributed by atoms with Crippen LogP contribution in [0.15, 0.2) is 54.6 Å². The van der Waals surface area contributed by atoms with Crippen LogP contribution in [0.3, 0.4) is 0 Å². The molecule has 2 aromatic rings. The van der Waals surface area contributed by atoms with Crippen LogP contribution in [-0.2, 0) is 11.3 Å². The lowest BCUT2D eigenvalue weighted by atomic mass is 10.0. The number of rotatable bonds is 7. The van der Waals surface area contributed by atoms with Crippen molar-refractivity contribution in [3.8, 4) is 5.75 Å². The first-order chi connectivity index (χ1) is 11.5. The van der Waals surface area contributed by atoms with Crippen LogP contribution in [0.25, 0.3) is 0 Å². The van der Waals surface area contributed by atoms with Gasteiger partial charge in [0, 0.05) is 12.6 Å². The van der Waals surface area contributed by atoms with Crippen LogP contribution in [0, 0.1) is 0 Å². The lowest BCUT2D eigenvalue weighted by Crippen LogP contribution is -2.39. The molecule has 1 amide bonds. The van der Waals surface area contributed by atoms with Gasteiger partial charge in [0.15, 0.2) is 6.61 Å². The standard InChI is InChI=1S/C21H27NO2/c1-16(2)19-11-8-12-20(13-19)24-15-21(23)22(17(3)4)14-18-9-6-5-7-10-18/h5-13,16-17H,14-15H2,1-4H3. The van der Waals surface area contributed by atoms with E-state index in [1.807, 2.05) is 67.3 Å². The zero-order valence-electron chi connectivity index (χ0n) is 15.0. The SMILES string of the molecule is CC(C)c1cccc(OCC(=O)N(Cc2ccccc2)C(C)C)c1. The number of amides is 1. The van der Waals surface area contributed by atoms with Crippen molar-refractivity contribution in [1.29, 1.82) is 0 Å². The summed E-state index contributed by atoms with van der Waals surface area (Å²) in [7, 11) is 0. The van der Waals surface area contributed by atoms with Gasteiger partial charge >= 0.3 is 0 Å². The average molecular weight is 325 g/mol. The Kier molecular flexibility index (Phi) is 6.42. The van der Waals surface area contributed by atoms with E-state index >= 15 is 0 Å². The van der Waals surface area contributed by atoms with Crippen LogP contribution in [0.4, 0.5) is 0 Å². The Bertz CT molecular complexity index is 650. The van der Waals surface area contributed by atoms with Crippen molar-refractivity contribution in [2.24, 2.45) is 0 Å². The van der Waals surface area contributed by atoms with Crippen LogP contribution in [0.5, 0.6) is 5.75 Å². The fourth-order valence-corrected chi connectivity index (χ4v) is 2.53. The maximum absolute atomic E-state index is 12.6. The Labute approximate surface area is 145 Å². The molecular weight excluding hydrogens is 298 g/mol. The van der Waals surface area contributed by atoms with Crippen molar-refractivity contribution in [1.82, 2.24) is 4.90 Å². The number of carbonyl (C=O) groups is 1. The van der Waals surface area contributed by atoms with Gasteiger partial charge in [-0.05, 0) is 43.0 Å². The third-order valence-electron chi connectivity index (χ3n) is 4.03. The van der Waals surface area contributed by atoms with Gasteiger partial charge in [0.1, 0.15) is 5.75 Å². The van der Waals surface area contributed by atoms with Gasteiger partial charge in [-0.25, -0.2) is 0 Å². The molecule has 0 aliphatic heterocycles. The molecule has 24 heavy (non-hydrogen) atoms. The number of benzene rings is 2. The van der Waals surface area contributed by atoms with E-state index < -0.39 is 0 Å². The summed E-state index contributed by atoms with van der Waals surface area (Å²) in [5, 5.41) is 0. The zero-order chi connectivity index (χ0) is 17.5. The minimum Gasteiger partial charge on any atom is -0.484 e. The number of nitrogens with zero attached hydrogens (tertiary/aromatic N) is 1. The molecule has 128 valence electrons. The molecule has 0 aromatic heterocycles. The summed E-state index contributed by atoms with van der Waals surface area (Å²) in [5.74, 6) is 1.19. The summed E-state index contributed by atoms with van der Waals surface area (Å²) in [6.07, 6.45) is 0. The highest BCUT2D eigenvalue weighted by Gasteiger charge is 2.18. The van der Waals surface area contributed by atoms with Crippen LogP contribution in [0.2, 0.25) is 0 Å². The first-order valence-corrected chi connectivity index (χ1v) is 8.53. The van der Waals surface area contributed by atoms with Crippen molar-refractivity contribution in [2.45, 2.75) is 46.2 Å². The third kappa shape index (κ3) is 5.12. The zero-order valence-corrected chi connectivity index (χ0v) is 15.0. The fraction of sp³-hybridized carbons (Fsp3) is 0.381. The summed E-state index contributed by atoms with van der Waals surface area (Å²) < 4.78 is 5.74. The Morgan fingerprint density at radius 1 is 1.00 bits per heavy atom. The van der Waals surface area contributed by atoms with Gasteiger partial charge < -0.3 is 9.64 Å². The monoisotopic (exact) mass is 325 g/mol. The van der Waals surface area contributed by atoms with E-state index in [1.165, 1.54) is 5.56 Å².